The molecule has 1 saturated heterocycles. The van der Waals surface area contributed by atoms with Gasteiger partial charge in [-0.15, -0.1) is 0 Å². The highest BCUT2D eigenvalue weighted by Gasteiger charge is 2.24. The zero-order valence-electron chi connectivity index (χ0n) is 5.46. The van der Waals surface area contributed by atoms with Crippen LogP contribution < -0.4 is 5.32 Å². The van der Waals surface area contributed by atoms with E-state index in [1.54, 1.807) is 0 Å². The molecule has 0 bridgehead atoms. The summed E-state index contributed by atoms with van der Waals surface area (Å²) in [4.78, 5) is 21.2. The van der Waals surface area contributed by atoms with Crippen molar-refractivity contribution in [2.75, 3.05) is 13.2 Å². The van der Waals surface area contributed by atoms with Crippen molar-refractivity contribution >= 4 is 11.6 Å². The van der Waals surface area contributed by atoms with Crippen LogP contribution in [0.3, 0.4) is 0 Å². The predicted molar refractivity (Wildman–Crippen MR) is 33.5 cm³/mol. The third-order valence-electron chi connectivity index (χ3n) is 1.51. The van der Waals surface area contributed by atoms with Crippen molar-refractivity contribution in [1.82, 2.24) is 5.32 Å². The first-order chi connectivity index (χ1) is 4.74. The molecule has 1 fully saturated rings. The van der Waals surface area contributed by atoms with Gasteiger partial charge in [-0.3, -0.25) is 9.59 Å². The minimum atomic E-state index is -0.385. The second kappa shape index (κ2) is 2.90. The van der Waals surface area contributed by atoms with Gasteiger partial charge < -0.3 is 10.4 Å². The van der Waals surface area contributed by atoms with E-state index in [0.717, 1.165) is 0 Å². The maximum atomic E-state index is 10.7. The number of hydrogen-bond acceptors (Lipinski definition) is 4. The quantitative estimate of drug-likeness (QED) is 0.437. The Hall–Kier alpha value is -0.740. The van der Waals surface area contributed by atoms with Crippen molar-refractivity contribution in [2.24, 2.45) is 0 Å². The number of carbonyl (C=O) groups is 2. The van der Waals surface area contributed by atoms with Crippen molar-refractivity contribution in [3.63, 3.8) is 0 Å². The van der Waals surface area contributed by atoms with Gasteiger partial charge in [-0.2, -0.15) is 0 Å². The van der Waals surface area contributed by atoms with Gasteiger partial charge in [0.1, 0.15) is 0 Å². The zero-order chi connectivity index (χ0) is 7.56. The fourth-order valence-corrected chi connectivity index (χ4v) is 0.875. The van der Waals surface area contributed by atoms with Crippen LogP contribution in [0.15, 0.2) is 0 Å². The van der Waals surface area contributed by atoms with Gasteiger partial charge in [-0.25, -0.2) is 0 Å². The molecule has 1 atom stereocenters. The minimum Gasteiger partial charge on any atom is -0.395 e. The molecule has 0 spiro atoms. The summed E-state index contributed by atoms with van der Waals surface area (Å²) in [6, 6.07) is -0.217. The molecule has 0 aliphatic carbocycles. The molecule has 0 aromatic rings. The molecule has 2 N–H and O–H groups in total. The van der Waals surface area contributed by atoms with E-state index >= 15 is 0 Å². The smallest absolute Gasteiger partial charge is 0.212 e. The first-order valence-corrected chi connectivity index (χ1v) is 3.14. The van der Waals surface area contributed by atoms with Crippen molar-refractivity contribution < 1.29 is 14.7 Å². The van der Waals surface area contributed by atoms with Crippen LogP contribution >= 0.6 is 0 Å². The molecule has 0 saturated carbocycles. The highest BCUT2D eigenvalue weighted by atomic mass is 16.3. The lowest BCUT2D eigenvalue weighted by Gasteiger charge is -2.18. The van der Waals surface area contributed by atoms with Crippen molar-refractivity contribution in [1.29, 1.82) is 0 Å². The molecule has 1 heterocycles. The first kappa shape index (κ1) is 7.37. The van der Waals surface area contributed by atoms with Gasteiger partial charge in [0.15, 0.2) is 0 Å². The highest BCUT2D eigenvalue weighted by molar-refractivity contribution is 6.38. The Bertz CT molecular complexity index is 166. The van der Waals surface area contributed by atoms with E-state index in [2.05, 4.69) is 5.32 Å². The molecule has 10 heavy (non-hydrogen) atoms. The second-order valence-corrected chi connectivity index (χ2v) is 2.31. The number of Topliss-reactive ketones (excluding diaryl/α,β-unsaturated/α-hetero) is 2. The maximum absolute atomic E-state index is 10.7. The number of rotatable bonds is 1. The molecule has 1 rings (SSSR count). The molecule has 0 aromatic carbocycles. The molecule has 56 valence electrons. The van der Waals surface area contributed by atoms with Crippen molar-refractivity contribution in [3.05, 3.63) is 0 Å². The summed E-state index contributed by atoms with van der Waals surface area (Å²) in [5, 5.41) is 11.3. The second-order valence-electron chi connectivity index (χ2n) is 2.31. The summed E-state index contributed by atoms with van der Waals surface area (Å²) in [6.45, 7) is -0.0108. The van der Waals surface area contributed by atoms with Crippen molar-refractivity contribution in [2.45, 2.75) is 12.5 Å². The van der Waals surface area contributed by atoms with Gasteiger partial charge in [-0.1, -0.05) is 0 Å². The van der Waals surface area contributed by atoms with Gasteiger partial charge in [-0.05, 0) is 0 Å². The third-order valence-corrected chi connectivity index (χ3v) is 1.51. The minimum absolute atomic E-state index is 0.0735. The Balaban J connectivity index is 2.48. The van der Waals surface area contributed by atoms with E-state index in [-0.39, 0.29) is 37.2 Å². The molecular weight excluding hydrogens is 134 g/mol. The fourth-order valence-electron chi connectivity index (χ4n) is 0.875. The summed E-state index contributed by atoms with van der Waals surface area (Å²) in [6.07, 6.45) is 0.134. The van der Waals surface area contributed by atoms with Gasteiger partial charge in [0.2, 0.25) is 11.6 Å². The van der Waals surface area contributed by atoms with Crippen LogP contribution in [-0.4, -0.2) is 35.9 Å². The number of ketones is 2. The van der Waals surface area contributed by atoms with E-state index in [1.807, 2.05) is 0 Å². The molecule has 0 amide bonds. The molecule has 1 unspecified atom stereocenters. The zero-order valence-corrected chi connectivity index (χ0v) is 5.46. The number of piperidine rings is 1. The monoisotopic (exact) mass is 143 g/mol. The summed E-state index contributed by atoms with van der Waals surface area (Å²) in [7, 11) is 0. The summed E-state index contributed by atoms with van der Waals surface area (Å²) in [5.74, 6) is -0.762. The van der Waals surface area contributed by atoms with E-state index in [0.29, 0.717) is 0 Å². The van der Waals surface area contributed by atoms with Crippen LogP contribution in [0.5, 0.6) is 0 Å². The van der Waals surface area contributed by atoms with Gasteiger partial charge in [0.25, 0.3) is 0 Å². The number of aliphatic hydroxyl groups excluding tert-OH is 1. The van der Waals surface area contributed by atoms with Crippen LogP contribution in [0, 0.1) is 0 Å². The Morgan fingerprint density at radius 3 is 2.70 bits per heavy atom. The number of aliphatic hydroxyl groups is 1. The van der Waals surface area contributed by atoms with Gasteiger partial charge in [0, 0.05) is 12.5 Å². The van der Waals surface area contributed by atoms with Crippen LogP contribution in [0.25, 0.3) is 0 Å². The highest BCUT2D eigenvalue weighted by Crippen LogP contribution is 1.98. The lowest BCUT2D eigenvalue weighted by atomic mass is 10.0. The Morgan fingerprint density at radius 2 is 2.20 bits per heavy atom. The SMILES string of the molecule is O=C1CNC(CO)CC1=O. The summed E-state index contributed by atoms with van der Waals surface area (Å²) in [5.41, 5.74) is 0. The molecular formula is C6H9NO3. The molecule has 1 aliphatic rings. The molecule has 4 nitrogen and oxygen atoms in total. The number of hydrogen-bond donors (Lipinski definition) is 2. The topological polar surface area (TPSA) is 66.4 Å². The number of carbonyl (C=O) groups excluding carboxylic acids is 2. The average Bonchev–Trinajstić information content (AvgIpc) is 1.95. The van der Waals surface area contributed by atoms with Crippen LogP contribution in [-0.2, 0) is 9.59 Å². The van der Waals surface area contributed by atoms with E-state index in [4.69, 9.17) is 5.11 Å². The molecule has 4 heteroatoms. The standard InChI is InChI=1S/C6H9NO3/c8-3-4-1-5(9)6(10)2-7-4/h4,7-8H,1-3H2. The lowest BCUT2D eigenvalue weighted by Crippen LogP contribution is -2.46. The van der Waals surface area contributed by atoms with E-state index in [1.165, 1.54) is 0 Å². The fraction of sp³-hybridized carbons (Fsp3) is 0.667. The predicted octanol–water partition coefficient (Wildman–Crippen LogP) is -1.52. The Kier molecular flexibility index (Phi) is 2.13. The van der Waals surface area contributed by atoms with Crippen LogP contribution in [0.4, 0.5) is 0 Å². The lowest BCUT2D eigenvalue weighted by molar-refractivity contribution is -0.138. The molecule has 0 radical (unpaired) electrons. The normalized spacial score (nSPS) is 27.1. The average molecular weight is 143 g/mol. The molecule has 0 aromatic heterocycles. The number of nitrogens with one attached hydrogen (secondary N) is 1. The first-order valence-electron chi connectivity index (χ1n) is 3.14. The van der Waals surface area contributed by atoms with E-state index < -0.39 is 0 Å². The van der Waals surface area contributed by atoms with Gasteiger partial charge >= 0.3 is 0 Å². The van der Waals surface area contributed by atoms with Gasteiger partial charge in [0.05, 0.1) is 13.2 Å². The largest absolute Gasteiger partial charge is 0.395 e. The third kappa shape index (κ3) is 1.40. The summed E-state index contributed by atoms with van der Waals surface area (Å²) >= 11 is 0. The Labute approximate surface area is 58.2 Å². The maximum Gasteiger partial charge on any atom is 0.212 e. The van der Waals surface area contributed by atoms with E-state index in [9.17, 15) is 9.59 Å². The summed E-state index contributed by atoms with van der Waals surface area (Å²) < 4.78 is 0. The van der Waals surface area contributed by atoms with Crippen LogP contribution in [0.2, 0.25) is 0 Å². The van der Waals surface area contributed by atoms with Crippen molar-refractivity contribution in [3.8, 4) is 0 Å². The molecule has 1 aliphatic heterocycles. The Morgan fingerprint density at radius 1 is 1.50 bits per heavy atom. The van der Waals surface area contributed by atoms with Crippen LogP contribution in [0.1, 0.15) is 6.42 Å².